The Hall–Kier alpha value is -1.32. The van der Waals surface area contributed by atoms with E-state index in [9.17, 15) is 5.11 Å². The SMILES string of the molecule is CC(O)c1cnc(-c2cccc(Cl)c2)o1. The molecule has 0 radical (unpaired) electrons. The number of nitrogens with zero attached hydrogens (tertiary/aromatic N) is 1. The predicted molar refractivity (Wildman–Crippen MR) is 57.6 cm³/mol. The van der Waals surface area contributed by atoms with Gasteiger partial charge >= 0.3 is 0 Å². The third-order valence-corrected chi connectivity index (χ3v) is 2.24. The van der Waals surface area contributed by atoms with Crippen molar-refractivity contribution >= 4 is 11.6 Å². The third-order valence-electron chi connectivity index (χ3n) is 2.01. The van der Waals surface area contributed by atoms with Gasteiger partial charge in [-0.25, -0.2) is 4.98 Å². The Balaban J connectivity index is 2.37. The van der Waals surface area contributed by atoms with E-state index < -0.39 is 6.10 Å². The molecule has 0 aliphatic carbocycles. The van der Waals surface area contributed by atoms with Crippen LogP contribution in [0.15, 0.2) is 34.9 Å². The summed E-state index contributed by atoms with van der Waals surface area (Å²) >= 11 is 5.85. The molecule has 0 aliphatic rings. The Bertz CT molecular complexity index is 465. The van der Waals surface area contributed by atoms with E-state index in [1.807, 2.05) is 12.1 Å². The molecule has 1 heterocycles. The number of aliphatic hydroxyl groups is 1. The lowest BCUT2D eigenvalue weighted by molar-refractivity contribution is 0.170. The minimum absolute atomic E-state index is 0.449. The van der Waals surface area contributed by atoms with Crippen molar-refractivity contribution in [3.8, 4) is 11.5 Å². The van der Waals surface area contributed by atoms with E-state index in [4.69, 9.17) is 16.0 Å². The molecule has 4 heteroatoms. The summed E-state index contributed by atoms with van der Waals surface area (Å²) in [6.45, 7) is 1.63. The van der Waals surface area contributed by atoms with E-state index in [0.29, 0.717) is 16.7 Å². The van der Waals surface area contributed by atoms with Crippen LogP contribution in [0.3, 0.4) is 0 Å². The maximum Gasteiger partial charge on any atom is 0.226 e. The minimum Gasteiger partial charge on any atom is -0.438 e. The predicted octanol–water partition coefficient (Wildman–Crippen LogP) is 3.05. The van der Waals surface area contributed by atoms with E-state index in [-0.39, 0.29) is 0 Å². The Labute approximate surface area is 92.3 Å². The van der Waals surface area contributed by atoms with Gasteiger partial charge in [0, 0.05) is 10.6 Å². The highest BCUT2D eigenvalue weighted by Gasteiger charge is 2.10. The minimum atomic E-state index is -0.648. The van der Waals surface area contributed by atoms with Gasteiger partial charge in [-0.1, -0.05) is 17.7 Å². The number of rotatable bonds is 2. The lowest BCUT2D eigenvalue weighted by Gasteiger charge is -1.98. The van der Waals surface area contributed by atoms with Gasteiger partial charge < -0.3 is 9.52 Å². The van der Waals surface area contributed by atoms with Gasteiger partial charge in [-0.15, -0.1) is 0 Å². The first-order valence-electron chi connectivity index (χ1n) is 4.56. The molecule has 1 atom stereocenters. The molecule has 78 valence electrons. The first-order chi connectivity index (χ1) is 7.16. The third kappa shape index (κ3) is 2.19. The number of aromatic nitrogens is 1. The second kappa shape index (κ2) is 4.04. The van der Waals surface area contributed by atoms with Crippen molar-refractivity contribution in [1.29, 1.82) is 0 Å². The van der Waals surface area contributed by atoms with E-state index >= 15 is 0 Å². The van der Waals surface area contributed by atoms with Crippen molar-refractivity contribution in [3.05, 3.63) is 41.2 Å². The van der Waals surface area contributed by atoms with Crippen molar-refractivity contribution in [1.82, 2.24) is 4.98 Å². The van der Waals surface area contributed by atoms with Gasteiger partial charge in [-0.05, 0) is 25.1 Å². The van der Waals surface area contributed by atoms with Crippen LogP contribution in [0.25, 0.3) is 11.5 Å². The molecule has 0 bridgehead atoms. The molecule has 1 aromatic carbocycles. The smallest absolute Gasteiger partial charge is 0.226 e. The standard InChI is InChI=1S/C11H10ClNO2/c1-7(14)10-6-13-11(15-10)8-3-2-4-9(12)5-8/h2-7,14H,1H3. The number of hydrogen-bond donors (Lipinski definition) is 1. The lowest BCUT2D eigenvalue weighted by atomic mass is 10.2. The van der Waals surface area contributed by atoms with E-state index in [1.54, 1.807) is 19.1 Å². The van der Waals surface area contributed by atoms with Gasteiger partial charge in [0.15, 0.2) is 5.76 Å². The monoisotopic (exact) mass is 223 g/mol. The van der Waals surface area contributed by atoms with Crippen molar-refractivity contribution in [2.24, 2.45) is 0 Å². The molecular weight excluding hydrogens is 214 g/mol. The van der Waals surface area contributed by atoms with Gasteiger partial charge in [0.25, 0.3) is 0 Å². The molecule has 0 saturated carbocycles. The maximum atomic E-state index is 9.28. The summed E-state index contributed by atoms with van der Waals surface area (Å²) in [5.41, 5.74) is 0.800. The van der Waals surface area contributed by atoms with Gasteiger partial charge in [0.2, 0.25) is 5.89 Å². The summed E-state index contributed by atoms with van der Waals surface area (Å²) in [7, 11) is 0. The normalized spacial score (nSPS) is 12.7. The van der Waals surface area contributed by atoms with Crippen LogP contribution in [0.5, 0.6) is 0 Å². The fraction of sp³-hybridized carbons (Fsp3) is 0.182. The van der Waals surface area contributed by atoms with Gasteiger partial charge in [-0.3, -0.25) is 0 Å². The highest BCUT2D eigenvalue weighted by molar-refractivity contribution is 6.30. The fourth-order valence-corrected chi connectivity index (χ4v) is 1.42. The number of aliphatic hydroxyl groups excluding tert-OH is 1. The molecule has 2 rings (SSSR count). The molecule has 0 saturated heterocycles. The first kappa shape index (κ1) is 10.2. The van der Waals surface area contributed by atoms with Crippen molar-refractivity contribution < 1.29 is 9.52 Å². The van der Waals surface area contributed by atoms with Crippen LogP contribution in [0.1, 0.15) is 18.8 Å². The average molecular weight is 224 g/mol. The zero-order valence-corrected chi connectivity index (χ0v) is 8.90. The van der Waals surface area contributed by atoms with Crippen molar-refractivity contribution in [2.45, 2.75) is 13.0 Å². The second-order valence-corrected chi connectivity index (χ2v) is 3.69. The topological polar surface area (TPSA) is 46.3 Å². The summed E-state index contributed by atoms with van der Waals surface area (Å²) in [6, 6.07) is 7.22. The molecule has 0 fully saturated rings. The summed E-state index contributed by atoms with van der Waals surface area (Å²) in [6.07, 6.45) is 0.867. The van der Waals surface area contributed by atoms with Crippen LogP contribution < -0.4 is 0 Å². The molecule has 0 spiro atoms. The summed E-state index contributed by atoms with van der Waals surface area (Å²) < 4.78 is 5.37. The summed E-state index contributed by atoms with van der Waals surface area (Å²) in [4.78, 5) is 4.06. The Morgan fingerprint density at radius 2 is 2.27 bits per heavy atom. The molecule has 3 nitrogen and oxygen atoms in total. The molecule has 1 N–H and O–H groups in total. The largest absolute Gasteiger partial charge is 0.438 e. The molecule has 0 aliphatic heterocycles. The van der Waals surface area contributed by atoms with Gasteiger partial charge in [0.1, 0.15) is 6.10 Å². The molecule has 0 amide bonds. The molecular formula is C11H10ClNO2. The van der Waals surface area contributed by atoms with E-state index in [2.05, 4.69) is 4.98 Å². The molecule has 1 unspecified atom stereocenters. The highest BCUT2D eigenvalue weighted by Crippen LogP contribution is 2.24. The average Bonchev–Trinajstić information content (AvgIpc) is 2.66. The molecule has 1 aromatic heterocycles. The Kier molecular flexibility index (Phi) is 2.75. The first-order valence-corrected chi connectivity index (χ1v) is 4.94. The Morgan fingerprint density at radius 1 is 1.47 bits per heavy atom. The zero-order valence-electron chi connectivity index (χ0n) is 8.14. The summed E-state index contributed by atoms with van der Waals surface area (Å²) in [5, 5.41) is 9.91. The lowest BCUT2D eigenvalue weighted by Crippen LogP contribution is -1.85. The highest BCUT2D eigenvalue weighted by atomic mass is 35.5. The zero-order chi connectivity index (χ0) is 10.8. The van der Waals surface area contributed by atoms with Crippen molar-refractivity contribution in [3.63, 3.8) is 0 Å². The Morgan fingerprint density at radius 3 is 2.87 bits per heavy atom. The molecule has 15 heavy (non-hydrogen) atoms. The molecule has 2 aromatic rings. The number of hydrogen-bond acceptors (Lipinski definition) is 3. The van der Waals surface area contributed by atoms with Crippen LogP contribution >= 0.6 is 11.6 Å². The van der Waals surface area contributed by atoms with E-state index in [0.717, 1.165) is 5.56 Å². The maximum absolute atomic E-state index is 9.28. The number of benzene rings is 1. The van der Waals surface area contributed by atoms with Crippen LogP contribution in [-0.2, 0) is 0 Å². The quantitative estimate of drug-likeness (QED) is 0.851. The number of halogens is 1. The number of oxazole rings is 1. The van der Waals surface area contributed by atoms with E-state index in [1.165, 1.54) is 6.20 Å². The van der Waals surface area contributed by atoms with Crippen LogP contribution in [0.2, 0.25) is 5.02 Å². The van der Waals surface area contributed by atoms with Gasteiger partial charge in [0.05, 0.1) is 6.20 Å². The van der Waals surface area contributed by atoms with Crippen LogP contribution in [0, 0.1) is 0 Å². The van der Waals surface area contributed by atoms with Crippen molar-refractivity contribution in [2.75, 3.05) is 0 Å². The van der Waals surface area contributed by atoms with Gasteiger partial charge in [-0.2, -0.15) is 0 Å². The van der Waals surface area contributed by atoms with Crippen LogP contribution in [-0.4, -0.2) is 10.1 Å². The van der Waals surface area contributed by atoms with Crippen LogP contribution in [0.4, 0.5) is 0 Å². The second-order valence-electron chi connectivity index (χ2n) is 3.25. The fourth-order valence-electron chi connectivity index (χ4n) is 1.23. The summed E-state index contributed by atoms with van der Waals surface area (Å²) in [5.74, 6) is 0.915.